The highest BCUT2D eigenvalue weighted by molar-refractivity contribution is 5.79. The molecule has 1 aliphatic rings. The molecule has 1 amide bonds. The summed E-state index contributed by atoms with van der Waals surface area (Å²) in [4.78, 5) is 16.7. The van der Waals surface area contributed by atoms with Crippen LogP contribution in [0.4, 0.5) is 8.78 Å². The van der Waals surface area contributed by atoms with Crippen molar-refractivity contribution in [1.29, 1.82) is 0 Å². The van der Waals surface area contributed by atoms with Gasteiger partial charge in [0.1, 0.15) is 5.82 Å². The van der Waals surface area contributed by atoms with Crippen LogP contribution in [0.25, 0.3) is 0 Å². The minimum atomic E-state index is -2.70. The van der Waals surface area contributed by atoms with Crippen LogP contribution in [0.5, 0.6) is 0 Å². The van der Waals surface area contributed by atoms with Gasteiger partial charge in [-0.15, -0.1) is 0 Å². The molecule has 0 saturated carbocycles. The molecule has 0 bridgehead atoms. The van der Waals surface area contributed by atoms with Crippen molar-refractivity contribution in [2.24, 2.45) is 0 Å². The maximum atomic E-state index is 12.8. The molecule has 3 rings (SSSR count). The standard InChI is InChI=1S/C16H21F2N5O/c1-10-13(11(2)23(21-10)16(17)18)7-15(24)19-8-12-9-22-6-4-3-5-14(22)20-12/h9,16H,3-8H2,1-2H3,(H,19,24). The summed E-state index contributed by atoms with van der Waals surface area (Å²) in [5.41, 5.74) is 2.17. The van der Waals surface area contributed by atoms with Crippen LogP contribution >= 0.6 is 0 Å². The zero-order valence-corrected chi connectivity index (χ0v) is 13.9. The Kier molecular flexibility index (Phi) is 4.64. The molecule has 1 N–H and O–H groups in total. The van der Waals surface area contributed by atoms with E-state index in [-0.39, 0.29) is 12.3 Å². The van der Waals surface area contributed by atoms with E-state index in [9.17, 15) is 13.6 Å². The monoisotopic (exact) mass is 337 g/mol. The minimum Gasteiger partial charge on any atom is -0.350 e. The predicted octanol–water partition coefficient (Wildman–Crippen LogP) is 2.29. The Balaban J connectivity index is 1.61. The topological polar surface area (TPSA) is 64.7 Å². The van der Waals surface area contributed by atoms with Crippen LogP contribution in [0, 0.1) is 13.8 Å². The number of alkyl halides is 2. The summed E-state index contributed by atoms with van der Waals surface area (Å²) in [7, 11) is 0. The molecule has 24 heavy (non-hydrogen) atoms. The summed E-state index contributed by atoms with van der Waals surface area (Å²) in [6, 6.07) is 0. The highest BCUT2D eigenvalue weighted by Crippen LogP contribution is 2.20. The fraction of sp³-hybridized carbons (Fsp3) is 0.562. The second kappa shape index (κ2) is 6.70. The quantitative estimate of drug-likeness (QED) is 0.910. The van der Waals surface area contributed by atoms with Crippen molar-refractivity contribution in [2.75, 3.05) is 0 Å². The number of aryl methyl sites for hydroxylation is 3. The van der Waals surface area contributed by atoms with E-state index in [4.69, 9.17) is 0 Å². The molecule has 0 aliphatic carbocycles. The zero-order chi connectivity index (χ0) is 17.3. The number of fused-ring (bicyclic) bond motifs is 1. The van der Waals surface area contributed by atoms with Crippen LogP contribution < -0.4 is 5.32 Å². The normalized spacial score (nSPS) is 14.0. The van der Waals surface area contributed by atoms with Crippen LogP contribution in [0.2, 0.25) is 0 Å². The molecule has 6 nitrogen and oxygen atoms in total. The van der Waals surface area contributed by atoms with Gasteiger partial charge in [0.25, 0.3) is 0 Å². The van der Waals surface area contributed by atoms with E-state index in [1.165, 1.54) is 0 Å². The van der Waals surface area contributed by atoms with Crippen LogP contribution in [0.3, 0.4) is 0 Å². The third-order valence-corrected chi connectivity index (χ3v) is 4.42. The summed E-state index contributed by atoms with van der Waals surface area (Å²) < 4.78 is 28.4. The van der Waals surface area contributed by atoms with Gasteiger partial charge < -0.3 is 9.88 Å². The van der Waals surface area contributed by atoms with E-state index in [0.29, 0.717) is 28.2 Å². The molecule has 8 heteroatoms. The number of amides is 1. The number of hydrogen-bond donors (Lipinski definition) is 1. The van der Waals surface area contributed by atoms with Gasteiger partial charge >= 0.3 is 6.55 Å². The van der Waals surface area contributed by atoms with E-state index in [0.717, 1.165) is 37.3 Å². The van der Waals surface area contributed by atoms with Gasteiger partial charge in [-0.3, -0.25) is 4.79 Å². The first-order chi connectivity index (χ1) is 11.5. The molecule has 0 fully saturated rings. The minimum absolute atomic E-state index is 0.0396. The van der Waals surface area contributed by atoms with E-state index in [2.05, 4.69) is 20.0 Å². The molecule has 3 heterocycles. The molecule has 2 aromatic rings. The SMILES string of the molecule is Cc1nn(C(F)F)c(C)c1CC(=O)NCc1cn2c(n1)CCCC2. The Labute approximate surface area is 138 Å². The lowest BCUT2D eigenvalue weighted by atomic mass is 10.1. The van der Waals surface area contributed by atoms with Crippen LogP contribution in [-0.4, -0.2) is 25.2 Å². The number of nitrogens with one attached hydrogen (secondary N) is 1. The van der Waals surface area contributed by atoms with Gasteiger partial charge in [-0.05, 0) is 26.7 Å². The zero-order valence-electron chi connectivity index (χ0n) is 13.9. The summed E-state index contributed by atoms with van der Waals surface area (Å²) in [5.74, 6) is 0.844. The fourth-order valence-corrected chi connectivity index (χ4v) is 3.11. The third-order valence-electron chi connectivity index (χ3n) is 4.42. The van der Waals surface area contributed by atoms with Gasteiger partial charge in [0.05, 0.1) is 24.4 Å². The third kappa shape index (κ3) is 3.32. The maximum absolute atomic E-state index is 12.8. The fourth-order valence-electron chi connectivity index (χ4n) is 3.11. The van der Waals surface area contributed by atoms with Gasteiger partial charge in [0.15, 0.2) is 0 Å². The Morgan fingerprint density at radius 3 is 2.83 bits per heavy atom. The van der Waals surface area contributed by atoms with Gasteiger partial charge in [0.2, 0.25) is 5.91 Å². The van der Waals surface area contributed by atoms with Crippen molar-refractivity contribution in [3.05, 3.63) is 34.7 Å². The van der Waals surface area contributed by atoms with E-state index in [1.54, 1.807) is 13.8 Å². The lowest BCUT2D eigenvalue weighted by molar-refractivity contribution is -0.120. The number of halogens is 2. The molecule has 1 aliphatic heterocycles. The number of nitrogens with zero attached hydrogens (tertiary/aromatic N) is 4. The molecule has 0 atom stereocenters. The Hall–Kier alpha value is -2.25. The second-order valence-electron chi connectivity index (χ2n) is 6.12. The summed E-state index contributed by atoms with van der Waals surface area (Å²) in [6.07, 6.45) is 5.29. The molecular weight excluding hydrogens is 316 g/mol. The van der Waals surface area contributed by atoms with Crippen molar-refractivity contribution in [3.8, 4) is 0 Å². The number of imidazole rings is 1. The molecule has 0 saturated heterocycles. The lowest BCUT2D eigenvalue weighted by Crippen LogP contribution is -2.25. The van der Waals surface area contributed by atoms with Crippen molar-refractivity contribution >= 4 is 5.91 Å². The van der Waals surface area contributed by atoms with Crippen LogP contribution in [-0.2, 0) is 30.7 Å². The van der Waals surface area contributed by atoms with Crippen molar-refractivity contribution in [1.82, 2.24) is 24.6 Å². The number of rotatable bonds is 5. The maximum Gasteiger partial charge on any atom is 0.333 e. The van der Waals surface area contributed by atoms with Crippen molar-refractivity contribution < 1.29 is 13.6 Å². The van der Waals surface area contributed by atoms with Crippen LogP contribution in [0.1, 0.15) is 47.9 Å². The first kappa shape index (κ1) is 16.6. The van der Waals surface area contributed by atoms with Gasteiger partial charge in [-0.25, -0.2) is 9.67 Å². The molecule has 0 unspecified atom stereocenters. The highest BCUT2D eigenvalue weighted by Gasteiger charge is 2.19. The van der Waals surface area contributed by atoms with Gasteiger partial charge in [-0.2, -0.15) is 13.9 Å². The van der Waals surface area contributed by atoms with E-state index < -0.39 is 6.55 Å². The Bertz CT molecular complexity index is 726. The van der Waals surface area contributed by atoms with Crippen LogP contribution in [0.15, 0.2) is 6.20 Å². The highest BCUT2D eigenvalue weighted by atomic mass is 19.3. The summed E-state index contributed by atoms with van der Waals surface area (Å²) in [5, 5.41) is 6.61. The van der Waals surface area contributed by atoms with Crippen molar-refractivity contribution in [2.45, 2.75) is 59.2 Å². The Morgan fingerprint density at radius 1 is 1.38 bits per heavy atom. The van der Waals surface area contributed by atoms with Gasteiger partial charge in [-0.1, -0.05) is 0 Å². The molecule has 130 valence electrons. The first-order valence-corrected chi connectivity index (χ1v) is 8.10. The molecule has 0 radical (unpaired) electrons. The molecule has 2 aromatic heterocycles. The number of carbonyl (C=O) groups excluding carboxylic acids is 1. The number of carbonyl (C=O) groups is 1. The summed E-state index contributed by atoms with van der Waals surface area (Å²) in [6.45, 7) is 1.81. The molecule has 0 spiro atoms. The lowest BCUT2D eigenvalue weighted by Gasteiger charge is -2.11. The van der Waals surface area contributed by atoms with Crippen molar-refractivity contribution in [3.63, 3.8) is 0 Å². The van der Waals surface area contributed by atoms with E-state index >= 15 is 0 Å². The second-order valence-corrected chi connectivity index (χ2v) is 6.12. The summed E-state index contributed by atoms with van der Waals surface area (Å²) >= 11 is 0. The number of aromatic nitrogens is 4. The number of hydrogen-bond acceptors (Lipinski definition) is 3. The van der Waals surface area contributed by atoms with Gasteiger partial charge in [0, 0.05) is 30.4 Å². The smallest absolute Gasteiger partial charge is 0.333 e. The largest absolute Gasteiger partial charge is 0.350 e. The first-order valence-electron chi connectivity index (χ1n) is 8.10. The average Bonchev–Trinajstić information content (AvgIpc) is 3.08. The van der Waals surface area contributed by atoms with E-state index in [1.807, 2.05) is 6.20 Å². The Morgan fingerprint density at radius 2 is 2.17 bits per heavy atom. The molecule has 0 aromatic carbocycles. The average molecular weight is 337 g/mol. The molecular formula is C16H21F2N5O. The predicted molar refractivity (Wildman–Crippen MR) is 83.7 cm³/mol.